The second-order valence-electron chi connectivity index (χ2n) is 12.3. The molecule has 0 amide bonds. The minimum absolute atomic E-state index is 0.0389. The van der Waals surface area contributed by atoms with Crippen LogP contribution < -0.4 is 0 Å². The van der Waals surface area contributed by atoms with Crippen molar-refractivity contribution in [1.82, 2.24) is 4.57 Å². The molecule has 0 saturated heterocycles. The van der Waals surface area contributed by atoms with Crippen molar-refractivity contribution >= 4 is 64.7 Å². The minimum atomic E-state index is -0.0389. The Morgan fingerprint density at radius 2 is 1.40 bits per heavy atom. The number of para-hydroxylation sites is 1. The molecule has 4 heteroatoms. The molecule has 0 bridgehead atoms. The fourth-order valence-corrected chi connectivity index (χ4v) is 8.63. The number of hydrogen-bond donors (Lipinski definition) is 0. The molecular formula is C41H25N3S. The lowest BCUT2D eigenvalue weighted by molar-refractivity contribution is 0.661. The molecule has 0 fully saturated rings. The van der Waals surface area contributed by atoms with Gasteiger partial charge in [-0.3, -0.25) is 0 Å². The molecule has 0 unspecified atom stereocenters. The van der Waals surface area contributed by atoms with E-state index in [2.05, 4.69) is 101 Å². The zero-order valence-electron chi connectivity index (χ0n) is 24.7. The minimum Gasteiger partial charge on any atom is -0.310 e. The van der Waals surface area contributed by atoms with Gasteiger partial charge in [0.05, 0.1) is 24.2 Å². The maximum Gasteiger partial charge on any atom is 0.196 e. The van der Waals surface area contributed by atoms with E-state index in [4.69, 9.17) is 13.1 Å². The highest BCUT2D eigenvalue weighted by atomic mass is 32.1. The number of aromatic nitrogens is 1. The van der Waals surface area contributed by atoms with Gasteiger partial charge in [0.1, 0.15) is 0 Å². The van der Waals surface area contributed by atoms with Crippen molar-refractivity contribution in [2.45, 2.75) is 19.3 Å². The monoisotopic (exact) mass is 591 g/mol. The summed E-state index contributed by atoms with van der Waals surface area (Å²) in [6.45, 7) is 20.4. The number of fused-ring (bicyclic) bond motifs is 9. The lowest BCUT2D eigenvalue weighted by Crippen LogP contribution is -2.14. The highest BCUT2D eigenvalue weighted by molar-refractivity contribution is 7.25. The van der Waals surface area contributed by atoms with E-state index in [9.17, 15) is 0 Å². The molecule has 8 aromatic rings. The van der Waals surface area contributed by atoms with Crippen molar-refractivity contribution in [2.24, 2.45) is 0 Å². The molecule has 0 aliphatic heterocycles. The third kappa shape index (κ3) is 3.49. The molecule has 1 aliphatic carbocycles. The second-order valence-corrected chi connectivity index (χ2v) is 13.4. The molecule has 0 saturated carbocycles. The molecule has 0 spiro atoms. The van der Waals surface area contributed by atoms with Gasteiger partial charge in [-0.2, -0.15) is 0 Å². The van der Waals surface area contributed by atoms with Gasteiger partial charge in [-0.1, -0.05) is 80.6 Å². The van der Waals surface area contributed by atoms with Crippen LogP contribution in [-0.4, -0.2) is 4.57 Å². The van der Waals surface area contributed by atoms with Gasteiger partial charge in [-0.25, -0.2) is 9.69 Å². The summed E-state index contributed by atoms with van der Waals surface area (Å²) in [6, 6.07) is 40.5. The standard InChI is InChI=1S/C41H25N3S/c1-41(2)32-12-7-5-10-26(32)28-22-31-30-20-24(16-19-38(30)45-39(31)23-33(28)41)40-34(43-4)13-9-15-37(40)44-35-14-8-6-11-27(35)29-21-25(42-3)17-18-36(29)44/h5-23H,1-2H3. The van der Waals surface area contributed by atoms with E-state index in [1.807, 2.05) is 53.8 Å². The smallest absolute Gasteiger partial charge is 0.196 e. The fourth-order valence-electron chi connectivity index (χ4n) is 7.52. The number of hydrogen-bond acceptors (Lipinski definition) is 1. The quantitative estimate of drug-likeness (QED) is 0.178. The van der Waals surface area contributed by atoms with E-state index < -0.39 is 0 Å². The van der Waals surface area contributed by atoms with Crippen LogP contribution in [0.25, 0.3) is 79.6 Å². The SMILES string of the molecule is [C-]#[N+]c1ccc2c(c1)c1ccccc1n2-c1cccc([N+]#[C-])c1-c1ccc2sc3cc4c(cc3c2c1)-c1ccccc1C4(C)C. The summed E-state index contributed by atoms with van der Waals surface area (Å²) in [5.41, 5.74) is 11.6. The summed E-state index contributed by atoms with van der Waals surface area (Å²) in [6.07, 6.45) is 0. The molecule has 3 nitrogen and oxygen atoms in total. The summed E-state index contributed by atoms with van der Waals surface area (Å²) in [5, 5.41) is 4.60. The Bertz CT molecular complexity index is 2650. The van der Waals surface area contributed by atoms with Crippen LogP contribution in [0.15, 0.2) is 115 Å². The van der Waals surface area contributed by atoms with Gasteiger partial charge in [0.25, 0.3) is 0 Å². The molecule has 2 aromatic heterocycles. The largest absolute Gasteiger partial charge is 0.310 e. The zero-order valence-corrected chi connectivity index (χ0v) is 25.5. The normalized spacial score (nSPS) is 13.2. The van der Waals surface area contributed by atoms with E-state index in [-0.39, 0.29) is 5.41 Å². The molecule has 2 heterocycles. The van der Waals surface area contributed by atoms with Crippen molar-refractivity contribution in [3.63, 3.8) is 0 Å². The number of thiophene rings is 1. The predicted molar refractivity (Wildman–Crippen MR) is 189 cm³/mol. The van der Waals surface area contributed by atoms with Crippen LogP contribution in [-0.2, 0) is 5.41 Å². The summed E-state index contributed by atoms with van der Waals surface area (Å²) < 4.78 is 4.79. The molecule has 45 heavy (non-hydrogen) atoms. The topological polar surface area (TPSA) is 13.6 Å². The van der Waals surface area contributed by atoms with Crippen molar-refractivity contribution < 1.29 is 0 Å². The maximum absolute atomic E-state index is 8.17. The number of benzene rings is 6. The summed E-state index contributed by atoms with van der Waals surface area (Å²) in [7, 11) is 0. The lowest BCUT2D eigenvalue weighted by Gasteiger charge is -2.21. The molecule has 210 valence electrons. The molecule has 0 radical (unpaired) electrons. The molecular weight excluding hydrogens is 567 g/mol. The Hall–Kier alpha value is -5.68. The van der Waals surface area contributed by atoms with Gasteiger partial charge >= 0.3 is 0 Å². The van der Waals surface area contributed by atoms with E-state index in [1.54, 1.807) is 0 Å². The zero-order chi connectivity index (χ0) is 30.4. The van der Waals surface area contributed by atoms with Crippen LogP contribution in [0.5, 0.6) is 0 Å². The van der Waals surface area contributed by atoms with Crippen LogP contribution in [0, 0.1) is 13.1 Å². The Labute approximate surface area is 264 Å². The van der Waals surface area contributed by atoms with E-state index in [0.717, 1.165) is 38.6 Å². The Morgan fingerprint density at radius 3 is 2.27 bits per heavy atom. The average Bonchev–Trinajstić information content (AvgIpc) is 3.68. The second kappa shape index (κ2) is 9.16. The van der Waals surface area contributed by atoms with Crippen molar-refractivity contribution in [2.75, 3.05) is 0 Å². The number of nitrogens with zero attached hydrogens (tertiary/aromatic N) is 3. The van der Waals surface area contributed by atoms with Gasteiger partial charge < -0.3 is 4.57 Å². The van der Waals surface area contributed by atoms with Gasteiger partial charge in [-0.05, 0) is 81.7 Å². The van der Waals surface area contributed by atoms with Crippen LogP contribution in [0.4, 0.5) is 11.4 Å². The van der Waals surface area contributed by atoms with Gasteiger partial charge in [0.15, 0.2) is 11.4 Å². The fraction of sp³-hybridized carbons (Fsp3) is 0.0732. The summed E-state index contributed by atoms with van der Waals surface area (Å²) in [5.74, 6) is 0. The first-order chi connectivity index (χ1) is 22.0. The van der Waals surface area contributed by atoms with Crippen LogP contribution in [0.2, 0.25) is 0 Å². The average molecular weight is 592 g/mol. The van der Waals surface area contributed by atoms with Crippen molar-refractivity contribution in [3.05, 3.63) is 149 Å². The third-order valence-electron chi connectivity index (χ3n) is 9.63. The molecule has 6 aromatic carbocycles. The van der Waals surface area contributed by atoms with Gasteiger partial charge in [-0.15, -0.1) is 11.3 Å². The Balaban J connectivity index is 1.32. The Morgan fingerprint density at radius 1 is 0.600 bits per heavy atom. The highest BCUT2D eigenvalue weighted by Gasteiger charge is 2.35. The van der Waals surface area contributed by atoms with Gasteiger partial charge in [0.2, 0.25) is 0 Å². The summed E-state index contributed by atoms with van der Waals surface area (Å²) >= 11 is 1.84. The first-order valence-corrected chi connectivity index (χ1v) is 15.8. The van der Waals surface area contributed by atoms with Crippen LogP contribution in [0.1, 0.15) is 25.0 Å². The van der Waals surface area contributed by atoms with Crippen molar-refractivity contribution in [1.29, 1.82) is 0 Å². The van der Waals surface area contributed by atoms with Crippen molar-refractivity contribution in [3.8, 4) is 27.9 Å². The lowest BCUT2D eigenvalue weighted by atomic mass is 9.82. The van der Waals surface area contributed by atoms with E-state index >= 15 is 0 Å². The Kier molecular flexibility index (Phi) is 5.25. The van der Waals surface area contributed by atoms with Crippen LogP contribution >= 0.6 is 11.3 Å². The van der Waals surface area contributed by atoms with E-state index in [0.29, 0.717) is 11.4 Å². The van der Waals surface area contributed by atoms with Crippen LogP contribution in [0.3, 0.4) is 0 Å². The molecule has 1 aliphatic rings. The molecule has 9 rings (SSSR count). The summed E-state index contributed by atoms with van der Waals surface area (Å²) in [4.78, 5) is 7.72. The highest BCUT2D eigenvalue weighted by Crippen LogP contribution is 2.52. The first kappa shape index (κ1) is 25.8. The first-order valence-electron chi connectivity index (χ1n) is 15.0. The third-order valence-corrected chi connectivity index (χ3v) is 10.8. The predicted octanol–water partition coefficient (Wildman–Crippen LogP) is 12.2. The van der Waals surface area contributed by atoms with Gasteiger partial charge in [0, 0.05) is 42.2 Å². The maximum atomic E-state index is 8.17. The molecule has 0 N–H and O–H groups in total. The van der Waals surface area contributed by atoms with E-state index in [1.165, 1.54) is 42.4 Å². The number of rotatable bonds is 2. The molecule has 0 atom stereocenters.